The molecule has 2 saturated heterocycles. The lowest BCUT2D eigenvalue weighted by Gasteiger charge is -2.35. The van der Waals surface area contributed by atoms with Crippen LogP contribution < -0.4 is 4.90 Å². The van der Waals surface area contributed by atoms with Crippen LogP contribution in [0.15, 0.2) is 22.6 Å². The van der Waals surface area contributed by atoms with E-state index < -0.39 is 15.7 Å². The molecule has 0 spiro atoms. The maximum atomic E-state index is 14.4. The fourth-order valence-electron chi connectivity index (χ4n) is 4.10. The van der Waals surface area contributed by atoms with E-state index in [9.17, 15) is 17.6 Å². The van der Waals surface area contributed by atoms with E-state index in [4.69, 9.17) is 16.6 Å². The highest BCUT2D eigenvalue weighted by Crippen LogP contribution is 2.24. The van der Waals surface area contributed by atoms with E-state index in [1.165, 1.54) is 13.0 Å². The second-order valence-electron chi connectivity index (χ2n) is 8.20. The van der Waals surface area contributed by atoms with Crippen molar-refractivity contribution < 1.29 is 22.0 Å². The van der Waals surface area contributed by atoms with Crippen LogP contribution >= 0.6 is 12.2 Å². The Morgan fingerprint density at radius 1 is 1.29 bits per heavy atom. The van der Waals surface area contributed by atoms with Crippen molar-refractivity contribution in [3.63, 3.8) is 0 Å². The summed E-state index contributed by atoms with van der Waals surface area (Å²) in [6.07, 6.45) is 1.10. The van der Waals surface area contributed by atoms with Crippen molar-refractivity contribution in [3.05, 3.63) is 40.3 Å². The number of sulfone groups is 1. The van der Waals surface area contributed by atoms with Crippen molar-refractivity contribution in [2.45, 2.75) is 26.4 Å². The van der Waals surface area contributed by atoms with Gasteiger partial charge in [-0.2, -0.15) is 0 Å². The summed E-state index contributed by atoms with van der Waals surface area (Å²) in [5, 5.41) is 4.44. The lowest BCUT2D eigenvalue weighted by atomic mass is 10.1. The third-order valence-corrected chi connectivity index (χ3v) is 7.97. The summed E-state index contributed by atoms with van der Waals surface area (Å²) in [5.41, 5.74) is 0.864. The third kappa shape index (κ3) is 5.21. The van der Waals surface area contributed by atoms with Crippen molar-refractivity contribution in [1.82, 2.24) is 14.7 Å². The van der Waals surface area contributed by atoms with Gasteiger partial charge in [-0.15, -0.1) is 5.10 Å². The van der Waals surface area contributed by atoms with Gasteiger partial charge in [-0.05, 0) is 49.7 Å². The van der Waals surface area contributed by atoms with Crippen molar-refractivity contribution in [3.8, 4) is 0 Å². The number of aromatic nitrogens is 2. The molecule has 0 radical (unpaired) electrons. The first kappa shape index (κ1) is 22.1. The molecule has 2 aliphatic rings. The Labute approximate surface area is 185 Å². The number of hydrogen-bond acceptors (Lipinski definition) is 8. The molecular weight excluding hydrogens is 443 g/mol. The number of Topliss-reactive ketones (excluding diaryl/α,β-unsaturated/α-hetero) is 1. The first-order valence-corrected chi connectivity index (χ1v) is 12.5. The normalized spacial score (nSPS) is 21.5. The van der Waals surface area contributed by atoms with Crippen molar-refractivity contribution in [2.75, 3.05) is 42.6 Å². The van der Waals surface area contributed by atoms with Gasteiger partial charge in [-0.1, -0.05) is 0 Å². The monoisotopic (exact) mass is 468 g/mol. The molecule has 1 aromatic carbocycles. The number of anilines is 1. The molecule has 1 atom stereocenters. The Morgan fingerprint density at radius 3 is 2.65 bits per heavy atom. The van der Waals surface area contributed by atoms with Gasteiger partial charge in [-0.25, -0.2) is 17.5 Å². The zero-order valence-electron chi connectivity index (χ0n) is 17.3. The molecule has 0 N–H and O–H groups in total. The molecule has 3 heterocycles. The van der Waals surface area contributed by atoms with Crippen LogP contribution in [0.25, 0.3) is 0 Å². The first-order chi connectivity index (χ1) is 14.7. The number of carbonyl (C=O) groups excluding carboxylic acids is 1. The summed E-state index contributed by atoms with van der Waals surface area (Å²) in [7, 11) is -2.94. The number of carbonyl (C=O) groups is 1. The van der Waals surface area contributed by atoms with E-state index in [0.717, 1.165) is 0 Å². The van der Waals surface area contributed by atoms with E-state index >= 15 is 0 Å². The smallest absolute Gasteiger partial charge is 0.288 e. The fourth-order valence-corrected chi connectivity index (χ4v) is 6.16. The zero-order chi connectivity index (χ0) is 22.2. The second kappa shape index (κ2) is 8.79. The van der Waals surface area contributed by atoms with Gasteiger partial charge in [0.25, 0.3) is 4.84 Å². The van der Waals surface area contributed by atoms with Crippen molar-refractivity contribution >= 4 is 33.5 Å². The summed E-state index contributed by atoms with van der Waals surface area (Å²) in [5.74, 6) is 0.347. The largest absolute Gasteiger partial charge is 0.414 e. The number of hydrogen-bond donors (Lipinski definition) is 0. The van der Waals surface area contributed by atoms with Crippen LogP contribution in [0.5, 0.6) is 0 Å². The number of rotatable bonds is 6. The van der Waals surface area contributed by atoms with Crippen LogP contribution in [0.2, 0.25) is 0 Å². The molecule has 2 fully saturated rings. The average molecular weight is 469 g/mol. The number of halogens is 1. The van der Waals surface area contributed by atoms with Gasteiger partial charge in [0.05, 0.1) is 23.9 Å². The van der Waals surface area contributed by atoms with Gasteiger partial charge in [-0.3, -0.25) is 9.69 Å². The molecular formula is C20H25FN4O4S2. The van der Waals surface area contributed by atoms with E-state index in [-0.39, 0.29) is 28.0 Å². The quantitative estimate of drug-likeness (QED) is 0.471. The summed E-state index contributed by atoms with van der Waals surface area (Å²) >= 11 is 5.28. The van der Waals surface area contributed by atoms with E-state index in [1.807, 2.05) is 4.90 Å². The van der Waals surface area contributed by atoms with Crippen LogP contribution in [0.1, 0.15) is 29.6 Å². The third-order valence-electron chi connectivity index (χ3n) is 5.84. The molecule has 0 saturated carbocycles. The van der Waals surface area contributed by atoms with Crippen LogP contribution in [-0.4, -0.2) is 66.6 Å². The maximum absolute atomic E-state index is 14.4. The van der Waals surface area contributed by atoms with E-state index in [2.05, 4.69) is 10.00 Å². The van der Waals surface area contributed by atoms with Gasteiger partial charge >= 0.3 is 0 Å². The highest BCUT2D eigenvalue weighted by Gasteiger charge is 2.29. The SMILES string of the molecule is CC(=O)c1ccc(N2CCN(Cn3nc(C[C@H]4CCS(=O)(=O)C4)oc3=S)CC2)c(F)c1. The number of ketones is 1. The molecule has 31 heavy (non-hydrogen) atoms. The predicted octanol–water partition coefficient (Wildman–Crippen LogP) is 2.30. The topological polar surface area (TPSA) is 88.7 Å². The van der Waals surface area contributed by atoms with Crippen LogP contribution in [-0.2, 0) is 22.9 Å². The van der Waals surface area contributed by atoms with Gasteiger partial charge < -0.3 is 9.32 Å². The Morgan fingerprint density at radius 2 is 2.03 bits per heavy atom. The molecule has 0 amide bonds. The van der Waals surface area contributed by atoms with Gasteiger partial charge in [0, 0.05) is 38.2 Å². The highest BCUT2D eigenvalue weighted by atomic mass is 32.2. The summed E-state index contributed by atoms with van der Waals surface area (Å²) in [6.45, 7) is 4.54. The summed E-state index contributed by atoms with van der Waals surface area (Å²) < 4.78 is 44.9. The minimum Gasteiger partial charge on any atom is -0.414 e. The summed E-state index contributed by atoms with van der Waals surface area (Å²) in [4.78, 5) is 15.8. The molecule has 168 valence electrons. The van der Waals surface area contributed by atoms with Crippen LogP contribution in [0.3, 0.4) is 0 Å². The van der Waals surface area contributed by atoms with Crippen LogP contribution in [0, 0.1) is 16.6 Å². The molecule has 0 aliphatic carbocycles. The number of piperazine rings is 1. The lowest BCUT2D eigenvalue weighted by Crippen LogP contribution is -2.47. The Balaban J connectivity index is 1.34. The van der Waals surface area contributed by atoms with Gasteiger partial charge in [0.1, 0.15) is 5.82 Å². The van der Waals surface area contributed by atoms with Crippen molar-refractivity contribution in [2.24, 2.45) is 5.92 Å². The standard InChI is InChI=1S/C20H25FN4O4S2/c1-14(26)16-2-3-18(17(21)11-16)24-7-5-23(6-8-24)13-25-20(30)29-19(22-25)10-15-4-9-31(27,28)12-15/h2-3,11,15H,4-10,12-13H2,1H3/t15-/m1/s1. The molecule has 2 aliphatic heterocycles. The molecule has 0 bridgehead atoms. The summed E-state index contributed by atoms with van der Waals surface area (Å²) in [6, 6.07) is 4.60. The second-order valence-corrected chi connectivity index (χ2v) is 10.8. The highest BCUT2D eigenvalue weighted by molar-refractivity contribution is 7.91. The predicted molar refractivity (Wildman–Crippen MR) is 116 cm³/mol. The minimum absolute atomic E-state index is 0.0272. The molecule has 11 heteroatoms. The first-order valence-electron chi connectivity index (χ1n) is 10.3. The molecule has 4 rings (SSSR count). The lowest BCUT2D eigenvalue weighted by molar-refractivity contribution is 0.101. The number of benzene rings is 1. The van der Waals surface area contributed by atoms with Crippen molar-refractivity contribution in [1.29, 1.82) is 0 Å². The Bertz CT molecular complexity index is 1140. The number of nitrogens with zero attached hydrogens (tertiary/aromatic N) is 4. The van der Waals surface area contributed by atoms with Gasteiger partial charge in [0.15, 0.2) is 15.6 Å². The van der Waals surface area contributed by atoms with Gasteiger partial charge in [0.2, 0.25) is 5.89 Å². The van der Waals surface area contributed by atoms with Crippen LogP contribution in [0.4, 0.5) is 10.1 Å². The Kier molecular flexibility index (Phi) is 6.27. The van der Waals surface area contributed by atoms with E-state index in [1.54, 1.807) is 16.8 Å². The molecule has 2 aromatic rings. The zero-order valence-corrected chi connectivity index (χ0v) is 18.9. The molecule has 8 nitrogen and oxygen atoms in total. The maximum Gasteiger partial charge on any atom is 0.288 e. The molecule has 0 unspecified atom stereocenters. The Hall–Kier alpha value is -2.11. The fraction of sp³-hybridized carbons (Fsp3) is 0.550. The molecule has 1 aromatic heterocycles. The van der Waals surface area contributed by atoms with E-state index in [0.29, 0.717) is 62.8 Å². The average Bonchev–Trinajstić information content (AvgIpc) is 3.23. The minimum atomic E-state index is -2.94.